The van der Waals surface area contributed by atoms with Gasteiger partial charge in [-0.05, 0) is 37.0 Å². The van der Waals surface area contributed by atoms with E-state index >= 15 is 0 Å². The molecule has 0 unspecified atom stereocenters. The van der Waals surface area contributed by atoms with Crippen molar-refractivity contribution >= 4 is 15.9 Å². The summed E-state index contributed by atoms with van der Waals surface area (Å²) in [6.07, 6.45) is 3.62. The first-order chi connectivity index (χ1) is 10.9. The lowest BCUT2D eigenvalue weighted by Gasteiger charge is -2.32. The van der Waals surface area contributed by atoms with Crippen molar-refractivity contribution in [1.82, 2.24) is 9.62 Å². The molecule has 1 N–H and O–H groups in total. The van der Waals surface area contributed by atoms with Crippen LogP contribution < -0.4 is 9.46 Å². The number of benzene rings is 1. The van der Waals surface area contributed by atoms with Crippen molar-refractivity contribution in [1.29, 1.82) is 0 Å². The fraction of sp³-hybridized carbons (Fsp3) is 0.562. The standard InChI is InChI=1S/C16H24N2O4S/c1-3-13-6-8-15(9-7-13)22-12-16(19)18-10-4-5-14(11-18)17-23(2,20)21/h6-9,14,17H,3-5,10-12H2,1-2H3/t14-/m1/s1. The van der Waals surface area contributed by atoms with Crippen LogP contribution in [0.3, 0.4) is 0 Å². The second kappa shape index (κ2) is 7.79. The molecule has 1 amide bonds. The molecule has 1 atom stereocenters. The molecule has 1 aliphatic heterocycles. The van der Waals surface area contributed by atoms with Crippen molar-refractivity contribution in [2.75, 3.05) is 26.0 Å². The zero-order valence-electron chi connectivity index (χ0n) is 13.6. The van der Waals surface area contributed by atoms with Gasteiger partial charge in [-0.2, -0.15) is 0 Å². The van der Waals surface area contributed by atoms with Crippen LogP contribution in [0.15, 0.2) is 24.3 Å². The molecule has 0 saturated carbocycles. The smallest absolute Gasteiger partial charge is 0.260 e. The Morgan fingerprint density at radius 3 is 2.65 bits per heavy atom. The Morgan fingerprint density at radius 2 is 2.04 bits per heavy atom. The fourth-order valence-corrected chi connectivity index (χ4v) is 3.46. The van der Waals surface area contributed by atoms with Gasteiger partial charge in [-0.25, -0.2) is 13.1 Å². The summed E-state index contributed by atoms with van der Waals surface area (Å²) in [6.45, 7) is 3.08. The number of carbonyl (C=O) groups is 1. The summed E-state index contributed by atoms with van der Waals surface area (Å²) in [5.41, 5.74) is 1.22. The van der Waals surface area contributed by atoms with Gasteiger partial charge < -0.3 is 9.64 Å². The molecule has 23 heavy (non-hydrogen) atoms. The van der Waals surface area contributed by atoms with Crippen LogP contribution in [0.5, 0.6) is 5.75 Å². The van der Waals surface area contributed by atoms with Gasteiger partial charge in [-0.15, -0.1) is 0 Å². The van der Waals surface area contributed by atoms with Gasteiger partial charge in [-0.1, -0.05) is 19.1 Å². The third-order valence-corrected chi connectivity index (χ3v) is 4.61. The molecule has 2 rings (SSSR count). The van der Waals surface area contributed by atoms with E-state index in [2.05, 4.69) is 11.6 Å². The summed E-state index contributed by atoms with van der Waals surface area (Å²) in [4.78, 5) is 13.9. The predicted octanol–water partition coefficient (Wildman–Crippen LogP) is 1.17. The summed E-state index contributed by atoms with van der Waals surface area (Å²) in [5, 5.41) is 0. The van der Waals surface area contributed by atoms with Crippen LogP contribution in [0.2, 0.25) is 0 Å². The summed E-state index contributed by atoms with van der Waals surface area (Å²) >= 11 is 0. The summed E-state index contributed by atoms with van der Waals surface area (Å²) in [5.74, 6) is 0.544. The monoisotopic (exact) mass is 340 g/mol. The van der Waals surface area contributed by atoms with Crippen LogP contribution in [-0.2, 0) is 21.2 Å². The topological polar surface area (TPSA) is 75.7 Å². The molecule has 7 heteroatoms. The minimum Gasteiger partial charge on any atom is -0.484 e. The minimum absolute atomic E-state index is 0.0307. The van der Waals surface area contributed by atoms with Crippen molar-refractivity contribution in [3.8, 4) is 5.75 Å². The van der Waals surface area contributed by atoms with Crippen LogP contribution in [0.25, 0.3) is 0 Å². The van der Waals surface area contributed by atoms with E-state index in [9.17, 15) is 13.2 Å². The maximum atomic E-state index is 12.2. The zero-order valence-corrected chi connectivity index (χ0v) is 14.4. The normalized spacial score (nSPS) is 18.7. The minimum atomic E-state index is -3.25. The average molecular weight is 340 g/mol. The van der Waals surface area contributed by atoms with E-state index in [1.165, 1.54) is 5.56 Å². The van der Waals surface area contributed by atoms with E-state index in [0.29, 0.717) is 18.8 Å². The number of carbonyl (C=O) groups excluding carboxylic acids is 1. The third-order valence-electron chi connectivity index (χ3n) is 3.85. The first kappa shape index (κ1) is 17.7. The molecule has 1 aliphatic rings. The highest BCUT2D eigenvalue weighted by Crippen LogP contribution is 2.14. The molecule has 0 aliphatic carbocycles. The van der Waals surface area contributed by atoms with E-state index in [0.717, 1.165) is 25.5 Å². The Balaban J connectivity index is 1.84. The molecule has 0 radical (unpaired) electrons. The molecule has 1 saturated heterocycles. The molecule has 0 aromatic heterocycles. The molecule has 128 valence electrons. The number of rotatable bonds is 6. The number of sulfonamides is 1. The quantitative estimate of drug-likeness (QED) is 0.843. The number of hydrogen-bond donors (Lipinski definition) is 1. The molecule has 0 spiro atoms. The number of aryl methyl sites for hydroxylation is 1. The number of nitrogens with zero attached hydrogens (tertiary/aromatic N) is 1. The van der Waals surface area contributed by atoms with Crippen LogP contribution in [0.1, 0.15) is 25.3 Å². The van der Waals surface area contributed by atoms with E-state index < -0.39 is 10.0 Å². The van der Waals surface area contributed by atoms with Crippen LogP contribution in [-0.4, -0.2) is 51.2 Å². The van der Waals surface area contributed by atoms with Crippen molar-refractivity contribution in [2.24, 2.45) is 0 Å². The Hall–Kier alpha value is -1.60. The number of nitrogens with one attached hydrogen (secondary N) is 1. The lowest BCUT2D eigenvalue weighted by atomic mass is 10.1. The lowest BCUT2D eigenvalue weighted by Crippen LogP contribution is -2.50. The van der Waals surface area contributed by atoms with E-state index in [1.807, 2.05) is 24.3 Å². The van der Waals surface area contributed by atoms with Crippen LogP contribution in [0, 0.1) is 0 Å². The molecule has 6 nitrogen and oxygen atoms in total. The van der Waals surface area contributed by atoms with Gasteiger partial charge in [0.05, 0.1) is 6.26 Å². The highest BCUT2D eigenvalue weighted by atomic mass is 32.2. The maximum absolute atomic E-state index is 12.2. The van der Waals surface area contributed by atoms with Gasteiger partial charge >= 0.3 is 0 Å². The first-order valence-corrected chi connectivity index (χ1v) is 9.73. The Bertz CT molecular complexity index is 628. The molecule has 1 fully saturated rings. The predicted molar refractivity (Wildman–Crippen MR) is 88.9 cm³/mol. The zero-order chi connectivity index (χ0) is 16.9. The van der Waals surface area contributed by atoms with Gasteiger partial charge in [0.2, 0.25) is 10.0 Å². The van der Waals surface area contributed by atoms with Gasteiger partial charge in [0, 0.05) is 19.1 Å². The number of hydrogen-bond acceptors (Lipinski definition) is 4. The average Bonchev–Trinajstić information content (AvgIpc) is 2.51. The molecular formula is C16H24N2O4S. The van der Waals surface area contributed by atoms with Crippen molar-refractivity contribution in [3.05, 3.63) is 29.8 Å². The van der Waals surface area contributed by atoms with Crippen LogP contribution in [0.4, 0.5) is 0 Å². The summed E-state index contributed by atoms with van der Waals surface area (Å²) < 4.78 is 30.7. The summed E-state index contributed by atoms with van der Waals surface area (Å²) in [7, 11) is -3.25. The molecule has 1 aromatic carbocycles. The van der Waals surface area contributed by atoms with Crippen molar-refractivity contribution in [3.63, 3.8) is 0 Å². The molecule has 0 bridgehead atoms. The third kappa shape index (κ3) is 5.84. The second-order valence-corrected chi connectivity index (χ2v) is 7.64. The second-order valence-electron chi connectivity index (χ2n) is 5.86. The number of amides is 1. The van der Waals surface area contributed by atoms with E-state index in [1.54, 1.807) is 4.90 Å². The SMILES string of the molecule is CCc1ccc(OCC(=O)N2CCC[C@@H](NS(C)(=O)=O)C2)cc1. The maximum Gasteiger partial charge on any atom is 0.260 e. The first-order valence-electron chi connectivity index (χ1n) is 7.84. The Morgan fingerprint density at radius 1 is 1.35 bits per heavy atom. The van der Waals surface area contributed by atoms with Crippen molar-refractivity contribution < 1.29 is 17.9 Å². The van der Waals surface area contributed by atoms with Gasteiger partial charge in [0.25, 0.3) is 5.91 Å². The Labute approximate surface area is 137 Å². The highest BCUT2D eigenvalue weighted by Gasteiger charge is 2.25. The highest BCUT2D eigenvalue weighted by molar-refractivity contribution is 7.88. The largest absolute Gasteiger partial charge is 0.484 e. The van der Waals surface area contributed by atoms with Gasteiger partial charge in [0.1, 0.15) is 5.75 Å². The molecule has 1 aromatic rings. The molecule has 1 heterocycles. The van der Waals surface area contributed by atoms with Crippen molar-refractivity contribution in [2.45, 2.75) is 32.2 Å². The number of piperidine rings is 1. The lowest BCUT2D eigenvalue weighted by molar-refractivity contribution is -0.134. The van der Waals surface area contributed by atoms with Gasteiger partial charge in [0.15, 0.2) is 6.61 Å². The fourth-order valence-electron chi connectivity index (χ4n) is 2.66. The summed E-state index contributed by atoms with van der Waals surface area (Å²) in [6, 6.07) is 7.46. The number of ether oxygens (including phenoxy) is 1. The Kier molecular flexibility index (Phi) is 6.01. The van der Waals surface area contributed by atoms with E-state index in [-0.39, 0.29) is 18.6 Å². The molecular weight excluding hydrogens is 316 g/mol. The van der Waals surface area contributed by atoms with E-state index in [4.69, 9.17) is 4.74 Å². The number of likely N-dealkylation sites (tertiary alicyclic amines) is 1. The van der Waals surface area contributed by atoms with Gasteiger partial charge in [-0.3, -0.25) is 4.79 Å². The van der Waals surface area contributed by atoms with Crippen LogP contribution >= 0.6 is 0 Å².